The van der Waals surface area contributed by atoms with Crippen molar-refractivity contribution in [2.75, 3.05) is 12.3 Å². The molecule has 1 saturated heterocycles. The molecule has 3 rings (SSSR count). The number of carbonyl (C=O) groups excluding carboxylic acids is 3. The molecule has 0 bridgehead atoms. The van der Waals surface area contributed by atoms with Crippen LogP contribution in [0.25, 0.3) is 0 Å². The molecule has 2 unspecified atom stereocenters. The molecule has 2 aliphatic heterocycles. The Morgan fingerprint density at radius 3 is 2.62 bits per heavy atom. The van der Waals surface area contributed by atoms with Crippen LogP contribution >= 0.6 is 34.7 Å². The lowest BCUT2D eigenvalue weighted by atomic mass is 10.1. The summed E-state index contributed by atoms with van der Waals surface area (Å²) < 4.78 is 5.18. The Balaban J connectivity index is 1.76. The van der Waals surface area contributed by atoms with Gasteiger partial charge < -0.3 is 30.6 Å². The maximum Gasteiger partial charge on any atom is 0.347 e. The van der Waals surface area contributed by atoms with Gasteiger partial charge in [0.2, 0.25) is 6.61 Å². The average Bonchev–Trinajstić information content (AvgIpc) is 3.04. The zero-order chi connectivity index (χ0) is 25.4. The molecule has 184 valence electrons. The predicted octanol–water partition coefficient (Wildman–Crippen LogP) is 1.20. The van der Waals surface area contributed by atoms with Gasteiger partial charge in [-0.25, -0.2) is 14.6 Å². The standard InChI is InChI=1S/C19H22ClN5O7S2/c1-7-8(17(29)30)5-25-15(28)12(16(25)33-7)22-14(27)11(10-13(20)34-18(21)23-10)24-31-6-9(26)32-19(2,3)4/h5,7,12,16H,6H2,1-4H3,(H2,21,23)(H,22,27)(H,29,30)/t7?,12?,16-/m1/s1. The van der Waals surface area contributed by atoms with Crippen molar-refractivity contribution in [3.63, 3.8) is 0 Å². The van der Waals surface area contributed by atoms with E-state index in [-0.39, 0.29) is 26.4 Å². The van der Waals surface area contributed by atoms with E-state index in [1.54, 1.807) is 27.7 Å². The molecule has 34 heavy (non-hydrogen) atoms. The molecule has 3 atom stereocenters. The summed E-state index contributed by atoms with van der Waals surface area (Å²) in [6, 6.07) is -0.947. The van der Waals surface area contributed by atoms with Crippen molar-refractivity contribution in [3.8, 4) is 0 Å². The highest BCUT2D eigenvalue weighted by atomic mass is 35.5. The maximum absolute atomic E-state index is 13.0. The number of aromatic nitrogens is 1. The van der Waals surface area contributed by atoms with Gasteiger partial charge in [0.15, 0.2) is 10.8 Å². The number of thiazole rings is 1. The van der Waals surface area contributed by atoms with Crippen LogP contribution in [0.2, 0.25) is 4.34 Å². The van der Waals surface area contributed by atoms with Crippen molar-refractivity contribution in [1.29, 1.82) is 0 Å². The number of amides is 2. The van der Waals surface area contributed by atoms with E-state index in [9.17, 15) is 24.3 Å². The number of nitrogens with two attached hydrogens (primary N) is 1. The average molecular weight is 532 g/mol. The SMILES string of the molecule is CC1S[C@@H]2C(NC(=O)C(=NOCC(=O)OC(C)(C)C)c3nc(N)sc3Cl)C(=O)N2C=C1C(=O)O. The van der Waals surface area contributed by atoms with Crippen molar-refractivity contribution in [2.24, 2.45) is 5.16 Å². The molecule has 15 heteroatoms. The molecule has 0 spiro atoms. The Hall–Kier alpha value is -2.84. The minimum Gasteiger partial charge on any atom is -0.478 e. The van der Waals surface area contributed by atoms with Crippen molar-refractivity contribution in [1.82, 2.24) is 15.2 Å². The maximum atomic E-state index is 13.0. The second kappa shape index (κ2) is 9.80. The summed E-state index contributed by atoms with van der Waals surface area (Å²) in [7, 11) is 0. The van der Waals surface area contributed by atoms with Crippen molar-refractivity contribution in [2.45, 2.75) is 50.0 Å². The summed E-state index contributed by atoms with van der Waals surface area (Å²) in [6.07, 6.45) is 1.27. The number of thioether (sulfide) groups is 1. The molecule has 3 heterocycles. The van der Waals surface area contributed by atoms with Gasteiger partial charge in [-0.2, -0.15) is 0 Å². The van der Waals surface area contributed by atoms with E-state index >= 15 is 0 Å². The number of carboxylic acids is 1. The van der Waals surface area contributed by atoms with E-state index in [0.29, 0.717) is 0 Å². The molecule has 1 aromatic heterocycles. The monoisotopic (exact) mass is 531 g/mol. The van der Waals surface area contributed by atoms with Gasteiger partial charge in [0.1, 0.15) is 27.0 Å². The van der Waals surface area contributed by atoms with Crippen molar-refractivity contribution in [3.05, 3.63) is 21.8 Å². The number of fused-ring (bicyclic) bond motifs is 1. The first-order chi connectivity index (χ1) is 15.8. The fourth-order valence-electron chi connectivity index (χ4n) is 3.05. The number of anilines is 1. The summed E-state index contributed by atoms with van der Waals surface area (Å²) in [6.45, 7) is 6.16. The number of esters is 1. The zero-order valence-corrected chi connectivity index (χ0v) is 20.9. The molecule has 0 aromatic carbocycles. The Labute approximate surface area is 207 Å². The number of β-lactam (4-membered cyclic amide) rings is 1. The summed E-state index contributed by atoms with van der Waals surface area (Å²) in [5.74, 6) is -3.16. The number of hydrogen-bond acceptors (Lipinski definition) is 11. The third kappa shape index (κ3) is 5.62. The fourth-order valence-corrected chi connectivity index (χ4v) is 5.34. The first-order valence-corrected chi connectivity index (χ1v) is 12.0. The molecule has 1 aromatic rings. The molecule has 0 radical (unpaired) electrons. The Kier molecular flexibility index (Phi) is 7.43. The lowest BCUT2D eigenvalue weighted by Gasteiger charge is -2.48. The number of hydrogen-bond donors (Lipinski definition) is 3. The third-order valence-electron chi connectivity index (χ3n) is 4.47. The summed E-state index contributed by atoms with van der Waals surface area (Å²) >= 11 is 8.25. The number of carbonyl (C=O) groups is 4. The van der Waals surface area contributed by atoms with Crippen LogP contribution in [0.5, 0.6) is 0 Å². The van der Waals surface area contributed by atoms with E-state index in [4.69, 9.17) is 26.9 Å². The second-order valence-electron chi connectivity index (χ2n) is 8.23. The van der Waals surface area contributed by atoms with E-state index < -0.39 is 52.6 Å². The third-order valence-corrected chi connectivity index (χ3v) is 7.00. The fraction of sp³-hybridized carbons (Fsp3) is 0.474. The zero-order valence-electron chi connectivity index (χ0n) is 18.5. The number of oxime groups is 1. The lowest BCUT2D eigenvalue weighted by molar-refractivity contribution is -0.160. The van der Waals surface area contributed by atoms with Crippen LogP contribution in [0.15, 0.2) is 16.9 Å². The van der Waals surface area contributed by atoms with Crippen LogP contribution in [0.3, 0.4) is 0 Å². The summed E-state index contributed by atoms with van der Waals surface area (Å²) in [5.41, 5.74) is 4.55. The van der Waals surface area contributed by atoms with Gasteiger partial charge in [-0.15, -0.1) is 11.8 Å². The Morgan fingerprint density at radius 2 is 2.06 bits per heavy atom. The quantitative estimate of drug-likeness (QED) is 0.201. The molecular formula is C19H22ClN5O7S2. The lowest BCUT2D eigenvalue weighted by Crippen LogP contribution is -2.69. The molecular weight excluding hydrogens is 510 g/mol. The number of nitrogens with one attached hydrogen (secondary N) is 1. The van der Waals surface area contributed by atoms with Gasteiger partial charge in [-0.3, -0.25) is 9.59 Å². The van der Waals surface area contributed by atoms with Crippen LogP contribution < -0.4 is 11.1 Å². The minimum absolute atomic E-state index is 0.0588. The largest absolute Gasteiger partial charge is 0.478 e. The molecule has 2 aliphatic rings. The Bertz CT molecular complexity index is 1100. The first kappa shape index (κ1) is 25.8. The molecule has 2 amide bonds. The normalized spacial score (nSPS) is 22.3. The van der Waals surface area contributed by atoms with Crippen LogP contribution in [0, 0.1) is 0 Å². The topological polar surface area (TPSA) is 174 Å². The molecule has 4 N–H and O–H groups in total. The highest BCUT2D eigenvalue weighted by Gasteiger charge is 2.52. The van der Waals surface area contributed by atoms with Crippen LogP contribution in [0.1, 0.15) is 33.4 Å². The number of nitrogen functional groups attached to an aromatic ring is 1. The minimum atomic E-state index is -1.12. The van der Waals surface area contributed by atoms with E-state index in [0.717, 1.165) is 11.3 Å². The number of ether oxygens (including phenoxy) is 1. The van der Waals surface area contributed by atoms with Gasteiger partial charge in [0.25, 0.3) is 11.8 Å². The van der Waals surface area contributed by atoms with Crippen LogP contribution in [0.4, 0.5) is 5.13 Å². The smallest absolute Gasteiger partial charge is 0.347 e. The summed E-state index contributed by atoms with van der Waals surface area (Å²) in [4.78, 5) is 59.0. The highest BCUT2D eigenvalue weighted by Crippen LogP contribution is 2.40. The first-order valence-electron chi connectivity index (χ1n) is 9.86. The van der Waals surface area contributed by atoms with Gasteiger partial charge in [-0.1, -0.05) is 28.1 Å². The number of aliphatic carboxylic acids is 1. The van der Waals surface area contributed by atoms with Crippen molar-refractivity contribution < 1.29 is 33.9 Å². The van der Waals surface area contributed by atoms with E-state index in [2.05, 4.69) is 15.5 Å². The number of rotatable bonds is 7. The van der Waals surface area contributed by atoms with Crippen molar-refractivity contribution >= 4 is 69.3 Å². The number of carboxylic acid groups (broad SMARTS) is 1. The van der Waals surface area contributed by atoms with E-state index in [1.165, 1.54) is 22.9 Å². The van der Waals surface area contributed by atoms with Gasteiger partial charge >= 0.3 is 11.9 Å². The second-order valence-corrected chi connectivity index (χ2v) is 11.3. The van der Waals surface area contributed by atoms with Gasteiger partial charge in [0.05, 0.1) is 5.57 Å². The number of halogens is 1. The Morgan fingerprint density at radius 1 is 1.38 bits per heavy atom. The van der Waals surface area contributed by atoms with Gasteiger partial charge in [0, 0.05) is 11.4 Å². The van der Waals surface area contributed by atoms with E-state index in [1.807, 2.05) is 0 Å². The highest BCUT2D eigenvalue weighted by molar-refractivity contribution is 8.00. The van der Waals surface area contributed by atoms with Gasteiger partial charge in [-0.05, 0) is 27.7 Å². The molecule has 0 saturated carbocycles. The molecule has 1 fully saturated rings. The summed E-state index contributed by atoms with van der Waals surface area (Å²) in [5, 5.41) is 14.7. The van der Waals surface area contributed by atoms with Crippen LogP contribution in [-0.2, 0) is 28.8 Å². The van der Waals surface area contributed by atoms with Crippen LogP contribution in [-0.4, -0.2) is 73.3 Å². The predicted molar refractivity (Wildman–Crippen MR) is 125 cm³/mol. The molecule has 12 nitrogen and oxygen atoms in total. The molecule has 0 aliphatic carbocycles. The number of nitrogens with zero attached hydrogens (tertiary/aromatic N) is 3.